The second-order valence-corrected chi connectivity index (χ2v) is 9.66. The van der Waals surface area contributed by atoms with Crippen molar-refractivity contribution in [2.45, 2.75) is 65.1 Å². The molecule has 11 nitrogen and oxygen atoms in total. The van der Waals surface area contributed by atoms with Crippen molar-refractivity contribution in [3.8, 4) is 5.75 Å². The zero-order valence-corrected chi connectivity index (χ0v) is 21.6. The van der Waals surface area contributed by atoms with E-state index in [1.807, 2.05) is 0 Å². The van der Waals surface area contributed by atoms with Crippen LogP contribution < -0.4 is 20.5 Å². The summed E-state index contributed by atoms with van der Waals surface area (Å²) >= 11 is 0. The Morgan fingerprint density at radius 3 is 2.46 bits per heavy atom. The Morgan fingerprint density at radius 2 is 1.82 bits per heavy atom. The van der Waals surface area contributed by atoms with Gasteiger partial charge in [-0.2, -0.15) is 0 Å². The second-order valence-electron chi connectivity index (χ2n) is 9.66. The molecule has 2 N–H and O–H groups in total. The first-order chi connectivity index (χ1) is 18.2. The number of aryl methyl sites for hydroxylation is 2. The van der Waals surface area contributed by atoms with E-state index in [1.165, 1.54) is 33.6 Å². The number of nitrogens with one attached hydrogen (secondary N) is 1. The molecule has 0 bridgehead atoms. The van der Waals surface area contributed by atoms with Crippen LogP contribution in [0.15, 0.2) is 53.6 Å². The molecule has 0 aliphatic rings. The number of rotatable bonds is 10. The van der Waals surface area contributed by atoms with Crippen LogP contribution in [0.2, 0.25) is 0 Å². The van der Waals surface area contributed by atoms with Crippen LogP contribution in [0.3, 0.4) is 0 Å². The van der Waals surface area contributed by atoms with Crippen molar-refractivity contribution in [1.29, 1.82) is 0 Å². The average Bonchev–Trinajstić information content (AvgIpc) is 3.28. The van der Waals surface area contributed by atoms with Gasteiger partial charge in [0.2, 0.25) is 0 Å². The summed E-state index contributed by atoms with van der Waals surface area (Å²) in [5.74, 6) is -0.925. The Kier molecular flexibility index (Phi) is 8.99. The number of hydrogen-bond acceptors (Lipinski definition) is 6. The van der Waals surface area contributed by atoms with Crippen molar-refractivity contribution in [1.82, 2.24) is 24.9 Å². The summed E-state index contributed by atoms with van der Waals surface area (Å²) in [4.78, 5) is 37.6. The number of nitrogens with zero attached hydrogens (tertiary/aromatic N) is 5. The first kappa shape index (κ1) is 29.2. The van der Waals surface area contributed by atoms with Gasteiger partial charge in [-0.25, -0.2) is 4.79 Å². The van der Waals surface area contributed by atoms with Gasteiger partial charge in [-0.05, 0) is 57.4 Å². The molecule has 0 spiro atoms. The first-order valence-corrected chi connectivity index (χ1v) is 12.0. The van der Waals surface area contributed by atoms with Crippen molar-refractivity contribution in [2.24, 2.45) is 0 Å². The number of hydrogen-bond donors (Lipinski definition) is 2. The number of alkyl halides is 3. The van der Waals surface area contributed by atoms with Crippen molar-refractivity contribution in [2.75, 3.05) is 4.90 Å². The van der Waals surface area contributed by atoms with E-state index >= 15 is 0 Å². The van der Waals surface area contributed by atoms with Gasteiger partial charge < -0.3 is 19.7 Å². The summed E-state index contributed by atoms with van der Waals surface area (Å²) in [5.41, 5.74) is -0.277. The molecule has 2 aromatic heterocycles. The lowest BCUT2D eigenvalue weighted by Gasteiger charge is -2.33. The Balaban J connectivity index is 1.48. The highest BCUT2D eigenvalue weighted by atomic mass is 19.4. The maximum Gasteiger partial charge on any atom is 0.573 e. The van der Waals surface area contributed by atoms with Gasteiger partial charge in [0.05, 0.1) is 11.9 Å². The predicted molar refractivity (Wildman–Crippen MR) is 135 cm³/mol. The molecule has 3 rings (SSSR count). The first-order valence-electron chi connectivity index (χ1n) is 12.0. The van der Waals surface area contributed by atoms with Crippen LogP contribution in [-0.2, 0) is 19.6 Å². The van der Waals surface area contributed by atoms with E-state index in [2.05, 4.69) is 20.4 Å². The van der Waals surface area contributed by atoms with Gasteiger partial charge in [-0.15, -0.1) is 18.3 Å². The normalized spacial score (nSPS) is 11.7. The standard InChI is InChI=1S/C25H29F3N6O5/c1-24(2,3)34(23(37)38)18-9-12-32(21(35)14-18)10-4-5-11-33-16-20(30-31-33)22(36)29-15-17-7-6-8-19(13-17)39-25(26,27)28/h6-9,12-14,16H,4-5,10-11,15H2,1-3H3,(H,29,36)(H,37,38). The number of benzene rings is 1. The van der Waals surface area contributed by atoms with Crippen LogP contribution in [0.25, 0.3) is 0 Å². The smallest absolute Gasteiger partial charge is 0.465 e. The van der Waals surface area contributed by atoms with Crippen molar-refractivity contribution in [3.63, 3.8) is 0 Å². The second kappa shape index (κ2) is 12.0. The zero-order valence-electron chi connectivity index (χ0n) is 21.6. The molecule has 0 atom stereocenters. The molecule has 0 saturated carbocycles. The van der Waals surface area contributed by atoms with Gasteiger partial charge in [0, 0.05) is 37.4 Å². The van der Waals surface area contributed by atoms with E-state index in [-0.39, 0.29) is 23.5 Å². The molecule has 0 radical (unpaired) electrons. The molecule has 1 aromatic carbocycles. The number of aromatic nitrogens is 4. The minimum atomic E-state index is -4.81. The molecule has 3 aromatic rings. The average molecular weight is 551 g/mol. The highest BCUT2D eigenvalue weighted by molar-refractivity contribution is 5.91. The van der Waals surface area contributed by atoms with E-state index in [4.69, 9.17) is 0 Å². The van der Waals surface area contributed by atoms with E-state index in [0.29, 0.717) is 37.2 Å². The van der Waals surface area contributed by atoms with E-state index in [9.17, 15) is 32.7 Å². The van der Waals surface area contributed by atoms with Crippen molar-refractivity contribution >= 4 is 17.7 Å². The minimum Gasteiger partial charge on any atom is -0.465 e. The minimum absolute atomic E-state index is 0.0335. The molecule has 14 heteroatoms. The largest absolute Gasteiger partial charge is 0.573 e. The molecule has 0 aliphatic carbocycles. The summed E-state index contributed by atoms with van der Waals surface area (Å²) in [6, 6.07) is 8.15. The number of ether oxygens (including phenoxy) is 1. The summed E-state index contributed by atoms with van der Waals surface area (Å²) in [6.07, 6.45) is -1.72. The lowest BCUT2D eigenvalue weighted by Crippen LogP contribution is -2.45. The number of pyridine rings is 1. The fourth-order valence-electron chi connectivity index (χ4n) is 3.80. The lowest BCUT2D eigenvalue weighted by atomic mass is 10.1. The molecule has 0 aliphatic heterocycles. The number of carboxylic acid groups (broad SMARTS) is 1. The summed E-state index contributed by atoms with van der Waals surface area (Å²) in [6.45, 7) is 6.02. The topological polar surface area (TPSA) is 132 Å². The molecule has 0 unspecified atom stereocenters. The number of amides is 2. The van der Waals surface area contributed by atoms with Gasteiger partial charge in [-0.3, -0.25) is 19.2 Å². The van der Waals surface area contributed by atoms with Crippen LogP contribution in [0, 0.1) is 0 Å². The Bertz CT molecular complexity index is 1360. The number of unbranched alkanes of at least 4 members (excludes halogenated alkanes) is 1. The summed E-state index contributed by atoms with van der Waals surface area (Å²) in [7, 11) is 0. The number of anilines is 1. The zero-order chi connectivity index (χ0) is 28.8. The van der Waals surface area contributed by atoms with E-state index in [1.54, 1.807) is 39.1 Å². The van der Waals surface area contributed by atoms with Crippen LogP contribution in [0.4, 0.5) is 23.7 Å². The molecule has 2 heterocycles. The molecule has 210 valence electrons. The Morgan fingerprint density at radius 1 is 1.10 bits per heavy atom. The highest BCUT2D eigenvalue weighted by Gasteiger charge is 2.31. The van der Waals surface area contributed by atoms with Gasteiger partial charge in [0.25, 0.3) is 11.5 Å². The van der Waals surface area contributed by atoms with Crippen molar-refractivity contribution in [3.05, 3.63) is 70.4 Å². The lowest BCUT2D eigenvalue weighted by molar-refractivity contribution is -0.274. The molecule has 39 heavy (non-hydrogen) atoms. The third kappa shape index (κ3) is 8.58. The predicted octanol–water partition coefficient (Wildman–Crippen LogP) is 4.03. The third-order valence-corrected chi connectivity index (χ3v) is 5.49. The molecule has 0 saturated heterocycles. The Hall–Kier alpha value is -4.36. The summed E-state index contributed by atoms with van der Waals surface area (Å²) in [5, 5.41) is 19.8. The third-order valence-electron chi connectivity index (χ3n) is 5.49. The van der Waals surface area contributed by atoms with Crippen molar-refractivity contribution < 1.29 is 32.6 Å². The number of carbonyl (C=O) groups is 2. The highest BCUT2D eigenvalue weighted by Crippen LogP contribution is 2.24. The summed E-state index contributed by atoms with van der Waals surface area (Å²) < 4.78 is 44.0. The van der Waals surface area contributed by atoms with Gasteiger partial charge in [-0.1, -0.05) is 17.3 Å². The number of carbonyl (C=O) groups excluding carboxylic acids is 1. The maximum absolute atomic E-state index is 12.5. The van der Waals surface area contributed by atoms with Crippen LogP contribution in [-0.4, -0.2) is 48.6 Å². The monoisotopic (exact) mass is 550 g/mol. The molecule has 2 amide bonds. The van der Waals surface area contributed by atoms with E-state index in [0.717, 1.165) is 11.0 Å². The van der Waals surface area contributed by atoms with Crippen LogP contribution in [0.5, 0.6) is 5.75 Å². The van der Waals surface area contributed by atoms with E-state index < -0.39 is 23.9 Å². The number of halogens is 3. The Labute approximate surface area is 221 Å². The SMILES string of the molecule is CC(C)(C)N(C(=O)O)c1ccn(CCCCn2cc(C(=O)NCc3cccc(OC(F)(F)F)c3)nn2)c(=O)c1. The fraction of sp³-hybridized carbons (Fsp3) is 0.400. The van der Waals surface area contributed by atoms with Crippen LogP contribution in [0.1, 0.15) is 49.7 Å². The van der Waals surface area contributed by atoms with Gasteiger partial charge >= 0.3 is 12.5 Å². The molecular formula is C25H29F3N6O5. The van der Waals surface area contributed by atoms with Gasteiger partial charge in [0.1, 0.15) is 5.75 Å². The fourth-order valence-corrected chi connectivity index (χ4v) is 3.80. The van der Waals surface area contributed by atoms with Crippen LogP contribution >= 0.6 is 0 Å². The van der Waals surface area contributed by atoms with Gasteiger partial charge in [0.15, 0.2) is 5.69 Å². The molecular weight excluding hydrogens is 521 g/mol. The molecule has 0 fully saturated rings. The quantitative estimate of drug-likeness (QED) is 0.364. The maximum atomic E-state index is 12.5.